The van der Waals surface area contributed by atoms with E-state index in [0.717, 1.165) is 0 Å². The van der Waals surface area contributed by atoms with Gasteiger partial charge in [-0.05, 0) is 18.2 Å². The van der Waals surface area contributed by atoms with Gasteiger partial charge in [-0.1, -0.05) is 6.07 Å². The molecular formula is C12H15NO6S. The third-order valence-electron chi connectivity index (χ3n) is 2.36. The van der Waals surface area contributed by atoms with Crippen molar-refractivity contribution in [1.82, 2.24) is 0 Å². The lowest BCUT2D eigenvalue weighted by Crippen LogP contribution is -2.19. The molecule has 0 aromatic heterocycles. The number of ether oxygens (including phenoxy) is 2. The standard InChI is InChI=1S/C12H15NO6S/c1-18-11(14)6-7-20(16,17)13-10-5-3-4-9(8-10)12(15)19-2/h3-5,8,13H,6-7H2,1-2H3. The minimum Gasteiger partial charge on any atom is -0.469 e. The molecule has 0 aliphatic rings. The minimum atomic E-state index is -3.69. The van der Waals surface area contributed by atoms with Crippen molar-refractivity contribution in [2.75, 3.05) is 24.7 Å². The maximum atomic E-state index is 11.7. The normalized spacial score (nSPS) is 10.7. The summed E-state index contributed by atoms with van der Waals surface area (Å²) in [6, 6.07) is 5.85. The second kappa shape index (κ2) is 6.90. The van der Waals surface area contributed by atoms with Gasteiger partial charge in [-0.25, -0.2) is 13.2 Å². The third kappa shape index (κ3) is 4.88. The maximum Gasteiger partial charge on any atom is 0.337 e. The SMILES string of the molecule is COC(=O)CCS(=O)(=O)Nc1cccc(C(=O)OC)c1. The first kappa shape index (κ1) is 16.0. The fraction of sp³-hybridized carbons (Fsp3) is 0.333. The number of carbonyl (C=O) groups is 2. The van der Waals surface area contributed by atoms with Crippen molar-refractivity contribution in [1.29, 1.82) is 0 Å². The molecule has 0 bridgehead atoms. The van der Waals surface area contributed by atoms with Gasteiger partial charge < -0.3 is 9.47 Å². The number of sulfonamides is 1. The summed E-state index contributed by atoms with van der Waals surface area (Å²) in [5.41, 5.74) is 0.443. The van der Waals surface area contributed by atoms with E-state index in [1.54, 1.807) is 0 Å². The number of nitrogens with one attached hydrogen (secondary N) is 1. The van der Waals surface area contributed by atoms with Gasteiger partial charge in [-0.15, -0.1) is 0 Å². The van der Waals surface area contributed by atoms with Crippen LogP contribution in [0.1, 0.15) is 16.8 Å². The minimum absolute atomic E-state index is 0.220. The molecule has 0 atom stereocenters. The maximum absolute atomic E-state index is 11.7. The van der Waals surface area contributed by atoms with Crippen LogP contribution in [0, 0.1) is 0 Å². The largest absolute Gasteiger partial charge is 0.469 e. The summed E-state index contributed by atoms with van der Waals surface area (Å²) in [4.78, 5) is 22.2. The highest BCUT2D eigenvalue weighted by molar-refractivity contribution is 7.92. The molecule has 1 rings (SSSR count). The lowest BCUT2D eigenvalue weighted by Gasteiger charge is -2.08. The molecule has 0 amide bonds. The zero-order chi connectivity index (χ0) is 15.2. The van der Waals surface area contributed by atoms with Crippen LogP contribution in [0.4, 0.5) is 5.69 Å². The van der Waals surface area contributed by atoms with Gasteiger partial charge in [0.05, 0.1) is 32.0 Å². The lowest BCUT2D eigenvalue weighted by molar-refractivity contribution is -0.140. The summed E-state index contributed by atoms with van der Waals surface area (Å²) < 4.78 is 34.7. The summed E-state index contributed by atoms with van der Waals surface area (Å²) in [6.07, 6.45) is -0.247. The van der Waals surface area contributed by atoms with E-state index in [0.29, 0.717) is 0 Å². The lowest BCUT2D eigenvalue weighted by atomic mass is 10.2. The second-order valence-electron chi connectivity index (χ2n) is 3.82. The molecule has 8 heteroatoms. The number of esters is 2. The summed E-state index contributed by atoms with van der Waals surface area (Å²) in [6.45, 7) is 0. The first-order valence-electron chi connectivity index (χ1n) is 5.63. The number of benzene rings is 1. The highest BCUT2D eigenvalue weighted by atomic mass is 32.2. The van der Waals surface area contributed by atoms with Crippen molar-refractivity contribution in [3.8, 4) is 0 Å². The Bertz CT molecular complexity index is 596. The van der Waals surface area contributed by atoms with E-state index in [4.69, 9.17) is 0 Å². The second-order valence-corrected chi connectivity index (χ2v) is 5.66. The first-order chi connectivity index (χ1) is 9.38. The van der Waals surface area contributed by atoms with Crippen LogP contribution in [0.15, 0.2) is 24.3 Å². The van der Waals surface area contributed by atoms with Gasteiger partial charge >= 0.3 is 11.9 Å². The third-order valence-corrected chi connectivity index (χ3v) is 3.65. The predicted octanol–water partition coefficient (Wildman–Crippen LogP) is 0.778. The average Bonchev–Trinajstić information content (AvgIpc) is 2.43. The van der Waals surface area contributed by atoms with Crippen molar-refractivity contribution >= 4 is 27.6 Å². The van der Waals surface area contributed by atoms with Crippen molar-refractivity contribution in [2.24, 2.45) is 0 Å². The topological polar surface area (TPSA) is 98.8 Å². The molecule has 0 saturated heterocycles. The molecule has 110 valence electrons. The molecule has 0 saturated carbocycles. The van der Waals surface area contributed by atoms with Crippen LogP contribution in [0.5, 0.6) is 0 Å². The number of hydrogen-bond donors (Lipinski definition) is 1. The molecular weight excluding hydrogens is 286 g/mol. The summed E-state index contributed by atoms with van der Waals surface area (Å²) in [5, 5.41) is 0. The number of hydrogen-bond acceptors (Lipinski definition) is 6. The van der Waals surface area contributed by atoms with Crippen molar-refractivity contribution < 1.29 is 27.5 Å². The Hall–Kier alpha value is -2.09. The van der Waals surface area contributed by atoms with E-state index < -0.39 is 27.7 Å². The molecule has 1 aromatic carbocycles. The van der Waals surface area contributed by atoms with Gasteiger partial charge in [0.2, 0.25) is 10.0 Å². The Morgan fingerprint density at radius 2 is 1.90 bits per heavy atom. The van der Waals surface area contributed by atoms with Crippen LogP contribution in [0.3, 0.4) is 0 Å². The van der Waals surface area contributed by atoms with Crippen LogP contribution in [-0.4, -0.2) is 40.3 Å². The summed E-state index contributed by atoms with van der Waals surface area (Å²) >= 11 is 0. The van der Waals surface area contributed by atoms with Crippen LogP contribution in [0.25, 0.3) is 0 Å². The monoisotopic (exact) mass is 301 g/mol. The fourth-order valence-electron chi connectivity index (χ4n) is 1.38. The highest BCUT2D eigenvalue weighted by Crippen LogP contribution is 2.13. The van der Waals surface area contributed by atoms with Gasteiger partial charge in [0, 0.05) is 5.69 Å². The molecule has 0 fully saturated rings. The molecule has 1 N–H and O–H groups in total. The zero-order valence-corrected chi connectivity index (χ0v) is 11.9. The first-order valence-corrected chi connectivity index (χ1v) is 7.29. The summed E-state index contributed by atoms with van der Waals surface area (Å²) in [7, 11) is -1.28. The van der Waals surface area contributed by atoms with Crippen LogP contribution < -0.4 is 4.72 Å². The summed E-state index contributed by atoms with van der Waals surface area (Å²) in [5.74, 6) is -1.58. The van der Waals surface area contributed by atoms with Crippen molar-refractivity contribution in [3.63, 3.8) is 0 Å². The van der Waals surface area contributed by atoms with Gasteiger partial charge in [-0.2, -0.15) is 0 Å². The van der Waals surface area contributed by atoms with E-state index in [2.05, 4.69) is 14.2 Å². The molecule has 0 aliphatic carbocycles. The van der Waals surface area contributed by atoms with E-state index in [1.807, 2.05) is 0 Å². The van der Waals surface area contributed by atoms with Crippen LogP contribution in [0.2, 0.25) is 0 Å². The Labute approximate surface area is 116 Å². The van der Waals surface area contributed by atoms with Crippen LogP contribution >= 0.6 is 0 Å². The number of rotatable bonds is 6. The van der Waals surface area contributed by atoms with Crippen LogP contribution in [-0.2, 0) is 24.3 Å². The predicted molar refractivity (Wildman–Crippen MR) is 71.8 cm³/mol. The van der Waals surface area contributed by atoms with Gasteiger partial charge in [0.25, 0.3) is 0 Å². The molecule has 0 unspecified atom stereocenters. The van der Waals surface area contributed by atoms with E-state index in [9.17, 15) is 18.0 Å². The molecule has 0 heterocycles. The van der Waals surface area contributed by atoms with E-state index >= 15 is 0 Å². The quantitative estimate of drug-likeness (QED) is 0.779. The van der Waals surface area contributed by atoms with Gasteiger partial charge in [0.15, 0.2) is 0 Å². The van der Waals surface area contributed by atoms with Gasteiger partial charge in [-0.3, -0.25) is 9.52 Å². The van der Waals surface area contributed by atoms with Crippen molar-refractivity contribution in [3.05, 3.63) is 29.8 Å². The van der Waals surface area contributed by atoms with Crippen molar-refractivity contribution in [2.45, 2.75) is 6.42 Å². The zero-order valence-electron chi connectivity index (χ0n) is 11.1. The Morgan fingerprint density at radius 3 is 2.50 bits per heavy atom. The molecule has 0 radical (unpaired) electrons. The highest BCUT2D eigenvalue weighted by Gasteiger charge is 2.14. The Kier molecular flexibility index (Phi) is 5.51. The molecule has 1 aromatic rings. The average molecular weight is 301 g/mol. The molecule has 20 heavy (non-hydrogen) atoms. The number of carbonyl (C=O) groups excluding carboxylic acids is 2. The number of methoxy groups -OCH3 is 2. The van der Waals surface area contributed by atoms with Gasteiger partial charge in [0.1, 0.15) is 0 Å². The molecule has 7 nitrogen and oxygen atoms in total. The molecule has 0 aliphatic heterocycles. The Morgan fingerprint density at radius 1 is 1.20 bits per heavy atom. The van der Waals surface area contributed by atoms with E-state index in [-0.39, 0.29) is 17.7 Å². The van der Waals surface area contributed by atoms with E-state index in [1.165, 1.54) is 38.5 Å². The Balaban J connectivity index is 2.77. The molecule has 0 spiro atoms. The number of anilines is 1. The fourth-order valence-corrected chi connectivity index (χ4v) is 2.40. The smallest absolute Gasteiger partial charge is 0.337 e.